The quantitative estimate of drug-likeness (QED) is 0.380. The minimum Gasteiger partial charge on any atom is -0.497 e. The molecule has 0 saturated carbocycles. The van der Waals surface area contributed by atoms with Crippen LogP contribution in [0.15, 0.2) is 42.5 Å². The fraction of sp³-hybridized carbons (Fsp3) is 0.174. The van der Waals surface area contributed by atoms with E-state index in [2.05, 4.69) is 10.6 Å². The van der Waals surface area contributed by atoms with Crippen molar-refractivity contribution >= 4 is 63.0 Å². The van der Waals surface area contributed by atoms with Crippen LogP contribution < -0.4 is 15.4 Å². The lowest BCUT2D eigenvalue weighted by Gasteiger charge is -2.08. The van der Waals surface area contributed by atoms with Crippen molar-refractivity contribution in [3.8, 4) is 5.75 Å². The molecule has 7 nitrogen and oxygen atoms in total. The summed E-state index contributed by atoms with van der Waals surface area (Å²) in [7, 11) is 1.55. The van der Waals surface area contributed by atoms with Gasteiger partial charge in [0.1, 0.15) is 10.8 Å². The van der Waals surface area contributed by atoms with E-state index < -0.39 is 17.8 Å². The number of hydrogen-bond acceptors (Lipinski definition) is 6. The Morgan fingerprint density at radius 2 is 1.70 bits per heavy atom. The molecule has 0 bridgehead atoms. The number of carbonyl (C=O) groups is 3. The Morgan fingerprint density at radius 3 is 2.30 bits per heavy atom. The van der Waals surface area contributed by atoms with Crippen molar-refractivity contribution in [1.29, 1.82) is 0 Å². The molecule has 0 aliphatic heterocycles. The number of ether oxygens (including phenoxy) is 2. The van der Waals surface area contributed by atoms with E-state index in [4.69, 9.17) is 32.7 Å². The summed E-state index contributed by atoms with van der Waals surface area (Å²) in [6.07, 6.45) is 0. The lowest BCUT2D eigenvalue weighted by molar-refractivity contribution is 0.0527. The van der Waals surface area contributed by atoms with Crippen LogP contribution in [-0.4, -0.2) is 31.5 Å². The largest absolute Gasteiger partial charge is 0.497 e. The van der Waals surface area contributed by atoms with Crippen LogP contribution in [0.1, 0.15) is 42.9 Å². The maximum absolute atomic E-state index is 13.0. The van der Waals surface area contributed by atoms with E-state index >= 15 is 0 Å². The smallest absolute Gasteiger partial charge is 0.341 e. The summed E-state index contributed by atoms with van der Waals surface area (Å²) in [6, 6.07) is 11.3. The molecule has 1 heterocycles. The van der Waals surface area contributed by atoms with Crippen molar-refractivity contribution in [3.05, 3.63) is 74.1 Å². The van der Waals surface area contributed by atoms with Gasteiger partial charge in [-0.3, -0.25) is 9.59 Å². The Kier molecular flexibility index (Phi) is 7.97. The second-order valence-corrected chi connectivity index (χ2v) is 8.61. The fourth-order valence-electron chi connectivity index (χ4n) is 2.97. The molecule has 33 heavy (non-hydrogen) atoms. The number of benzene rings is 2. The topological polar surface area (TPSA) is 93.7 Å². The van der Waals surface area contributed by atoms with Gasteiger partial charge in [-0.15, -0.1) is 11.3 Å². The van der Waals surface area contributed by atoms with E-state index in [1.807, 2.05) is 0 Å². The third-order valence-electron chi connectivity index (χ3n) is 4.58. The highest BCUT2D eigenvalue weighted by molar-refractivity contribution is 7.19. The SMILES string of the molecule is CCOC(=O)c1c(NC(=O)c2ccc(Cl)cc2Cl)sc(C(=O)Nc2ccc(OC)cc2)c1C. The zero-order valence-electron chi connectivity index (χ0n) is 18.0. The van der Waals surface area contributed by atoms with Gasteiger partial charge < -0.3 is 20.1 Å². The zero-order valence-corrected chi connectivity index (χ0v) is 20.3. The first-order chi connectivity index (χ1) is 15.7. The van der Waals surface area contributed by atoms with E-state index in [-0.39, 0.29) is 32.6 Å². The Balaban J connectivity index is 1.93. The highest BCUT2D eigenvalue weighted by Gasteiger charge is 2.27. The summed E-state index contributed by atoms with van der Waals surface area (Å²) in [6.45, 7) is 3.43. The van der Waals surface area contributed by atoms with E-state index in [9.17, 15) is 14.4 Å². The Hall–Kier alpha value is -3.07. The third kappa shape index (κ3) is 5.65. The highest BCUT2D eigenvalue weighted by Crippen LogP contribution is 2.35. The number of hydrogen-bond donors (Lipinski definition) is 2. The fourth-order valence-corrected chi connectivity index (χ4v) is 4.55. The van der Waals surface area contributed by atoms with Gasteiger partial charge in [0.2, 0.25) is 0 Å². The number of amides is 2. The maximum atomic E-state index is 13.0. The third-order valence-corrected chi connectivity index (χ3v) is 6.34. The van der Waals surface area contributed by atoms with Crippen LogP contribution in [0.5, 0.6) is 5.75 Å². The first-order valence-corrected chi connectivity index (χ1v) is 11.3. The minimum atomic E-state index is -0.646. The van der Waals surface area contributed by atoms with Gasteiger partial charge >= 0.3 is 5.97 Å². The van der Waals surface area contributed by atoms with Gasteiger partial charge in [-0.2, -0.15) is 0 Å². The van der Waals surface area contributed by atoms with Gasteiger partial charge in [0.05, 0.1) is 34.7 Å². The van der Waals surface area contributed by atoms with Crippen LogP contribution in [0.2, 0.25) is 10.0 Å². The van der Waals surface area contributed by atoms with Gasteiger partial charge in [-0.25, -0.2) is 4.79 Å². The first kappa shape index (κ1) is 24.6. The summed E-state index contributed by atoms with van der Waals surface area (Å²) in [5.74, 6) is -0.980. The van der Waals surface area contributed by atoms with Gasteiger partial charge in [0.25, 0.3) is 11.8 Å². The number of thiophene rings is 1. The number of esters is 1. The monoisotopic (exact) mass is 506 g/mol. The second-order valence-electron chi connectivity index (χ2n) is 6.74. The summed E-state index contributed by atoms with van der Waals surface area (Å²) in [5.41, 5.74) is 1.22. The first-order valence-electron chi connectivity index (χ1n) is 9.77. The molecule has 1 aromatic heterocycles. The molecule has 2 N–H and O–H groups in total. The predicted molar refractivity (Wildman–Crippen MR) is 130 cm³/mol. The molecule has 0 spiro atoms. The molecular formula is C23H20Cl2N2O5S. The van der Waals surface area contributed by atoms with Gasteiger partial charge in [-0.05, 0) is 61.9 Å². The minimum absolute atomic E-state index is 0.111. The summed E-state index contributed by atoms with van der Waals surface area (Å²) in [4.78, 5) is 38.7. The molecule has 0 unspecified atom stereocenters. The number of rotatable bonds is 7. The van der Waals surface area contributed by atoms with E-state index in [0.29, 0.717) is 22.0 Å². The van der Waals surface area contributed by atoms with E-state index in [1.54, 1.807) is 45.2 Å². The molecule has 3 rings (SSSR count). The number of anilines is 2. The van der Waals surface area contributed by atoms with E-state index in [0.717, 1.165) is 11.3 Å². The van der Waals surface area contributed by atoms with Crippen molar-refractivity contribution in [2.75, 3.05) is 24.4 Å². The molecule has 10 heteroatoms. The van der Waals surface area contributed by atoms with Crippen molar-refractivity contribution in [1.82, 2.24) is 0 Å². The number of methoxy groups -OCH3 is 1. The van der Waals surface area contributed by atoms with Gasteiger partial charge in [0.15, 0.2) is 0 Å². The second kappa shape index (κ2) is 10.7. The molecule has 0 aliphatic carbocycles. The highest BCUT2D eigenvalue weighted by atomic mass is 35.5. The standard InChI is InChI=1S/C23H20Cl2N2O5S/c1-4-32-23(30)18-12(2)19(21(29)26-14-6-8-15(31-3)9-7-14)33-22(18)27-20(28)16-10-5-13(24)11-17(16)25/h5-11H,4H2,1-3H3,(H,26,29)(H,27,28). The molecule has 0 aliphatic rings. The summed E-state index contributed by atoms with van der Waals surface area (Å²) in [5, 5.41) is 6.17. The van der Waals surface area contributed by atoms with Crippen LogP contribution in [0.25, 0.3) is 0 Å². The van der Waals surface area contributed by atoms with Gasteiger partial charge in [-0.1, -0.05) is 23.2 Å². The lowest BCUT2D eigenvalue weighted by atomic mass is 10.1. The predicted octanol–water partition coefficient (Wildman–Crippen LogP) is 6.05. The zero-order chi connectivity index (χ0) is 24.1. The Bertz CT molecular complexity index is 1210. The van der Waals surface area contributed by atoms with Crippen LogP contribution in [0.3, 0.4) is 0 Å². The Morgan fingerprint density at radius 1 is 1.00 bits per heavy atom. The normalized spacial score (nSPS) is 10.5. The molecule has 0 saturated heterocycles. The average Bonchev–Trinajstić information content (AvgIpc) is 3.10. The van der Waals surface area contributed by atoms with Crippen molar-refractivity contribution in [2.45, 2.75) is 13.8 Å². The van der Waals surface area contributed by atoms with Crippen LogP contribution in [-0.2, 0) is 4.74 Å². The molecule has 0 fully saturated rings. The van der Waals surface area contributed by atoms with Crippen molar-refractivity contribution < 1.29 is 23.9 Å². The van der Waals surface area contributed by atoms with Crippen LogP contribution >= 0.6 is 34.5 Å². The molecule has 0 radical (unpaired) electrons. The number of carbonyl (C=O) groups excluding carboxylic acids is 3. The van der Waals surface area contributed by atoms with Crippen LogP contribution in [0, 0.1) is 6.92 Å². The maximum Gasteiger partial charge on any atom is 0.341 e. The van der Waals surface area contributed by atoms with E-state index in [1.165, 1.54) is 18.2 Å². The van der Waals surface area contributed by atoms with Crippen LogP contribution in [0.4, 0.5) is 10.7 Å². The number of halogens is 2. The average molecular weight is 507 g/mol. The number of nitrogens with one attached hydrogen (secondary N) is 2. The van der Waals surface area contributed by atoms with Gasteiger partial charge in [0, 0.05) is 10.7 Å². The molecular weight excluding hydrogens is 487 g/mol. The summed E-state index contributed by atoms with van der Waals surface area (Å²) >= 11 is 13.0. The Labute approximate surface area is 204 Å². The molecule has 2 aromatic carbocycles. The lowest BCUT2D eigenvalue weighted by Crippen LogP contribution is -2.15. The molecule has 3 aromatic rings. The van der Waals surface area contributed by atoms with Crippen molar-refractivity contribution in [3.63, 3.8) is 0 Å². The molecule has 172 valence electrons. The molecule has 0 atom stereocenters. The molecule has 2 amide bonds. The summed E-state index contributed by atoms with van der Waals surface area (Å²) < 4.78 is 10.3. The van der Waals surface area contributed by atoms with Crippen molar-refractivity contribution in [2.24, 2.45) is 0 Å².